The van der Waals surface area contributed by atoms with Gasteiger partial charge in [0.2, 0.25) is 10.0 Å². The summed E-state index contributed by atoms with van der Waals surface area (Å²) >= 11 is 0. The highest BCUT2D eigenvalue weighted by Crippen LogP contribution is 2.31. The van der Waals surface area contributed by atoms with Gasteiger partial charge in [0, 0.05) is 19.1 Å². The number of likely N-dealkylation sites (N-methyl/N-ethyl adjacent to an activating group) is 1. The third-order valence-corrected chi connectivity index (χ3v) is 5.77. The van der Waals surface area contributed by atoms with E-state index < -0.39 is 16.0 Å². The summed E-state index contributed by atoms with van der Waals surface area (Å²) in [4.78, 5) is 11.8. The third kappa shape index (κ3) is 3.15. The summed E-state index contributed by atoms with van der Waals surface area (Å²) in [6.07, 6.45) is 0.735. The molecule has 1 saturated heterocycles. The van der Waals surface area contributed by atoms with Gasteiger partial charge in [-0.3, -0.25) is 0 Å². The topological polar surface area (TPSA) is 88.9 Å². The van der Waals surface area contributed by atoms with Crippen molar-refractivity contribution < 1.29 is 22.4 Å². The van der Waals surface area contributed by atoms with Gasteiger partial charge < -0.3 is 14.5 Å². The lowest BCUT2D eigenvalue weighted by molar-refractivity contribution is 0.0594. The molecule has 0 amide bonds. The number of aryl methyl sites for hydroxylation is 2. The molecular weight excluding hydrogens is 332 g/mol. The van der Waals surface area contributed by atoms with Crippen LogP contribution in [0.15, 0.2) is 9.31 Å². The lowest BCUT2D eigenvalue weighted by Gasteiger charge is -2.16. The molecule has 0 aliphatic carbocycles. The van der Waals surface area contributed by atoms with E-state index in [1.807, 2.05) is 0 Å². The predicted octanol–water partition coefficient (Wildman–Crippen LogP) is 1.09. The number of carbonyl (C=O) groups is 1. The zero-order chi connectivity index (χ0) is 15.8. The summed E-state index contributed by atoms with van der Waals surface area (Å²) < 4.78 is 37.0. The molecule has 1 aliphatic heterocycles. The highest BCUT2D eigenvalue weighted by atomic mass is 35.5. The Bertz CT molecular complexity index is 656. The lowest BCUT2D eigenvalue weighted by atomic mass is 10.2. The fourth-order valence-electron chi connectivity index (χ4n) is 2.62. The first-order chi connectivity index (χ1) is 9.82. The Morgan fingerprint density at radius 3 is 2.50 bits per heavy atom. The lowest BCUT2D eigenvalue weighted by Crippen LogP contribution is -2.34. The van der Waals surface area contributed by atoms with Gasteiger partial charge in [0.05, 0.1) is 7.11 Å². The molecule has 126 valence electrons. The normalized spacial score (nSPS) is 19.0. The number of hydrogen-bond acceptors (Lipinski definition) is 6. The minimum absolute atomic E-state index is 0. The Hall–Kier alpha value is -1.09. The average molecular weight is 353 g/mol. The van der Waals surface area contributed by atoms with Crippen molar-refractivity contribution in [2.45, 2.75) is 31.2 Å². The zero-order valence-electron chi connectivity index (χ0n) is 13.0. The molecule has 1 aromatic rings. The first-order valence-electron chi connectivity index (χ1n) is 6.68. The zero-order valence-corrected chi connectivity index (χ0v) is 14.6. The van der Waals surface area contributed by atoms with Gasteiger partial charge in [-0.15, -0.1) is 12.4 Å². The SMILES string of the molecule is CNC1CCN(S(=O)(=O)c2c(C)oc(C)c2C(=O)OC)C1.Cl. The highest BCUT2D eigenvalue weighted by molar-refractivity contribution is 7.89. The van der Waals surface area contributed by atoms with Gasteiger partial charge in [-0.25, -0.2) is 13.2 Å². The summed E-state index contributed by atoms with van der Waals surface area (Å²) in [6, 6.07) is 0.120. The molecule has 2 rings (SSSR count). The third-order valence-electron chi connectivity index (χ3n) is 3.75. The van der Waals surface area contributed by atoms with Crippen LogP contribution in [-0.4, -0.2) is 52.0 Å². The molecule has 1 unspecified atom stereocenters. The summed E-state index contributed by atoms with van der Waals surface area (Å²) in [5.41, 5.74) is -0.0112. The number of rotatable bonds is 4. The molecule has 1 aliphatic rings. The van der Waals surface area contributed by atoms with E-state index in [2.05, 4.69) is 10.1 Å². The number of ether oxygens (including phenoxy) is 1. The Morgan fingerprint density at radius 2 is 2.00 bits per heavy atom. The van der Waals surface area contributed by atoms with Gasteiger partial charge >= 0.3 is 5.97 Å². The van der Waals surface area contributed by atoms with Crippen LogP contribution in [0.5, 0.6) is 0 Å². The van der Waals surface area contributed by atoms with E-state index in [1.54, 1.807) is 14.0 Å². The molecule has 9 heteroatoms. The minimum Gasteiger partial charge on any atom is -0.465 e. The van der Waals surface area contributed by atoms with Crippen molar-refractivity contribution in [1.82, 2.24) is 9.62 Å². The van der Waals surface area contributed by atoms with Gasteiger partial charge in [0.15, 0.2) is 0 Å². The van der Waals surface area contributed by atoms with Crippen molar-refractivity contribution in [3.63, 3.8) is 0 Å². The van der Waals surface area contributed by atoms with Gasteiger partial charge in [0.25, 0.3) is 0 Å². The first kappa shape index (κ1) is 19.0. The van der Waals surface area contributed by atoms with Gasteiger partial charge in [-0.2, -0.15) is 4.31 Å². The van der Waals surface area contributed by atoms with E-state index in [-0.39, 0.29) is 40.4 Å². The number of esters is 1. The van der Waals surface area contributed by atoms with E-state index in [0.717, 1.165) is 6.42 Å². The van der Waals surface area contributed by atoms with Crippen molar-refractivity contribution in [3.05, 3.63) is 17.1 Å². The fraction of sp³-hybridized carbons (Fsp3) is 0.615. The number of methoxy groups -OCH3 is 1. The standard InChI is InChI=1S/C13H20N2O5S.ClH/c1-8-11(13(16)19-4)12(9(2)20-8)21(17,18)15-6-5-10(7-15)14-3;/h10,14H,5-7H2,1-4H3;1H. The second-order valence-corrected chi connectivity index (χ2v) is 6.92. The number of nitrogens with zero attached hydrogens (tertiary/aromatic N) is 1. The summed E-state index contributed by atoms with van der Waals surface area (Å²) in [5.74, 6) is -0.240. The second-order valence-electron chi connectivity index (χ2n) is 5.05. The van der Waals surface area contributed by atoms with Crippen LogP contribution in [0, 0.1) is 13.8 Å². The van der Waals surface area contributed by atoms with Gasteiger partial charge in [0.1, 0.15) is 22.0 Å². The Kier molecular flexibility index (Phi) is 6.03. The maximum Gasteiger partial charge on any atom is 0.342 e. The highest BCUT2D eigenvalue weighted by Gasteiger charge is 2.38. The Labute approximate surface area is 136 Å². The molecule has 7 nitrogen and oxygen atoms in total. The number of hydrogen-bond donors (Lipinski definition) is 1. The average Bonchev–Trinajstić information content (AvgIpc) is 3.02. The van der Waals surface area contributed by atoms with E-state index in [0.29, 0.717) is 13.1 Å². The van der Waals surface area contributed by atoms with Crippen LogP contribution >= 0.6 is 12.4 Å². The molecule has 1 fully saturated rings. The first-order valence-corrected chi connectivity index (χ1v) is 8.12. The number of sulfonamides is 1. The Balaban J connectivity index is 0.00000242. The van der Waals surface area contributed by atoms with Crippen LogP contribution in [0.3, 0.4) is 0 Å². The Morgan fingerprint density at radius 1 is 1.36 bits per heavy atom. The molecule has 0 spiro atoms. The largest absolute Gasteiger partial charge is 0.465 e. The monoisotopic (exact) mass is 352 g/mol. The summed E-state index contributed by atoms with van der Waals surface area (Å²) in [6.45, 7) is 3.89. The van der Waals surface area contributed by atoms with Crippen molar-refractivity contribution in [3.8, 4) is 0 Å². The number of nitrogens with one attached hydrogen (secondary N) is 1. The quantitative estimate of drug-likeness (QED) is 0.816. The van der Waals surface area contributed by atoms with E-state index in [9.17, 15) is 13.2 Å². The molecule has 22 heavy (non-hydrogen) atoms. The van der Waals surface area contributed by atoms with Crippen molar-refractivity contribution in [1.29, 1.82) is 0 Å². The molecule has 1 atom stereocenters. The predicted molar refractivity (Wildman–Crippen MR) is 83.0 cm³/mol. The molecule has 0 aromatic carbocycles. The molecule has 2 heterocycles. The van der Waals surface area contributed by atoms with Crippen LogP contribution in [0.2, 0.25) is 0 Å². The van der Waals surface area contributed by atoms with E-state index in [4.69, 9.17) is 4.42 Å². The maximum absolute atomic E-state index is 12.8. The molecule has 1 N–H and O–H groups in total. The van der Waals surface area contributed by atoms with E-state index in [1.165, 1.54) is 18.3 Å². The molecular formula is C13H21ClN2O5S. The number of furan rings is 1. The smallest absolute Gasteiger partial charge is 0.342 e. The minimum atomic E-state index is -3.78. The summed E-state index contributed by atoms with van der Waals surface area (Å²) in [7, 11) is -0.763. The van der Waals surface area contributed by atoms with E-state index >= 15 is 0 Å². The number of halogens is 1. The van der Waals surface area contributed by atoms with Gasteiger partial charge in [-0.05, 0) is 27.3 Å². The van der Waals surface area contributed by atoms with Crippen molar-refractivity contribution >= 4 is 28.4 Å². The van der Waals surface area contributed by atoms with Crippen LogP contribution in [0.25, 0.3) is 0 Å². The molecule has 0 bridgehead atoms. The molecule has 1 aromatic heterocycles. The maximum atomic E-state index is 12.8. The fourth-order valence-corrected chi connectivity index (χ4v) is 4.49. The molecule has 0 radical (unpaired) electrons. The van der Waals surface area contributed by atoms with Crippen LogP contribution in [-0.2, 0) is 14.8 Å². The van der Waals surface area contributed by atoms with Crippen LogP contribution in [0.4, 0.5) is 0 Å². The number of carbonyl (C=O) groups excluding carboxylic acids is 1. The van der Waals surface area contributed by atoms with Crippen LogP contribution < -0.4 is 5.32 Å². The van der Waals surface area contributed by atoms with Crippen molar-refractivity contribution in [2.24, 2.45) is 0 Å². The molecule has 0 saturated carbocycles. The van der Waals surface area contributed by atoms with Crippen LogP contribution in [0.1, 0.15) is 28.3 Å². The van der Waals surface area contributed by atoms with Gasteiger partial charge in [-0.1, -0.05) is 0 Å². The van der Waals surface area contributed by atoms with Crippen molar-refractivity contribution in [2.75, 3.05) is 27.2 Å². The second kappa shape index (κ2) is 6.99. The summed E-state index contributed by atoms with van der Waals surface area (Å²) in [5, 5.41) is 3.06.